The normalized spacial score (nSPS) is 11.1. The van der Waals surface area contributed by atoms with Gasteiger partial charge < -0.3 is 9.47 Å². The average molecular weight is 375 g/mol. The van der Waals surface area contributed by atoms with E-state index < -0.39 is 0 Å². The van der Waals surface area contributed by atoms with Gasteiger partial charge in [0.1, 0.15) is 0 Å². The van der Waals surface area contributed by atoms with Gasteiger partial charge in [-0.2, -0.15) is 0 Å². The summed E-state index contributed by atoms with van der Waals surface area (Å²) in [6.45, 7) is 10.6. The minimum absolute atomic E-state index is 0.239. The minimum Gasteiger partial charge on any atom is -0.375 e. The Hall–Kier alpha value is -2.52. The molecule has 0 amide bonds. The molecular formula is C26H30O2. The zero-order valence-electron chi connectivity index (χ0n) is 17.4. The summed E-state index contributed by atoms with van der Waals surface area (Å²) < 4.78 is 11.6. The Morgan fingerprint density at radius 1 is 0.607 bits per heavy atom. The van der Waals surface area contributed by atoms with Crippen molar-refractivity contribution in [2.24, 2.45) is 10.8 Å². The molecule has 0 spiro atoms. The van der Waals surface area contributed by atoms with E-state index in [0.717, 1.165) is 0 Å². The van der Waals surface area contributed by atoms with Crippen LogP contribution in [-0.4, -0.2) is 13.2 Å². The summed E-state index contributed by atoms with van der Waals surface area (Å²) >= 11 is 0. The largest absolute Gasteiger partial charge is 0.375 e. The highest BCUT2D eigenvalue weighted by molar-refractivity contribution is 5.30. The highest BCUT2D eigenvalue weighted by Gasteiger charge is 2.15. The molecule has 0 unspecified atom stereocenters. The number of ether oxygens (including phenoxy) is 2. The van der Waals surface area contributed by atoms with Gasteiger partial charge in [0.2, 0.25) is 0 Å². The van der Waals surface area contributed by atoms with Crippen LogP contribution in [0.5, 0.6) is 0 Å². The molecule has 2 heteroatoms. The van der Waals surface area contributed by atoms with E-state index in [0.29, 0.717) is 26.4 Å². The van der Waals surface area contributed by atoms with Crippen molar-refractivity contribution in [2.75, 3.05) is 13.2 Å². The molecule has 2 aromatic rings. The first-order valence-electron chi connectivity index (χ1n) is 9.64. The zero-order valence-corrected chi connectivity index (χ0v) is 17.4. The molecule has 0 aliphatic rings. The van der Waals surface area contributed by atoms with Gasteiger partial charge in [-0.1, -0.05) is 72.5 Å². The third kappa shape index (κ3) is 8.92. The topological polar surface area (TPSA) is 18.5 Å². The van der Waals surface area contributed by atoms with Gasteiger partial charge in [-0.3, -0.25) is 0 Å². The third-order valence-corrected chi connectivity index (χ3v) is 4.01. The van der Waals surface area contributed by atoms with E-state index in [9.17, 15) is 0 Å². The Morgan fingerprint density at radius 2 is 0.964 bits per heavy atom. The van der Waals surface area contributed by atoms with Crippen molar-refractivity contribution < 1.29 is 9.47 Å². The smallest absolute Gasteiger partial charge is 0.0717 e. The summed E-state index contributed by atoms with van der Waals surface area (Å²) in [6.07, 6.45) is 0. The molecule has 0 aliphatic carbocycles. The van der Waals surface area contributed by atoms with Crippen molar-refractivity contribution >= 4 is 0 Å². The van der Waals surface area contributed by atoms with Crippen LogP contribution in [0, 0.1) is 34.5 Å². The van der Waals surface area contributed by atoms with Crippen molar-refractivity contribution in [3.63, 3.8) is 0 Å². The summed E-state index contributed by atoms with van der Waals surface area (Å²) in [5.41, 5.74) is 1.86. The predicted molar refractivity (Wildman–Crippen MR) is 115 cm³/mol. The lowest BCUT2D eigenvalue weighted by molar-refractivity contribution is 0.0751. The van der Waals surface area contributed by atoms with Crippen molar-refractivity contribution in [1.29, 1.82) is 0 Å². The summed E-state index contributed by atoms with van der Waals surface area (Å²) in [7, 11) is 0. The van der Waals surface area contributed by atoms with E-state index in [2.05, 4.69) is 75.6 Å². The molecule has 0 bridgehead atoms. The van der Waals surface area contributed by atoms with Gasteiger partial charge in [0.25, 0.3) is 0 Å². The van der Waals surface area contributed by atoms with Crippen molar-refractivity contribution in [3.8, 4) is 23.7 Å². The van der Waals surface area contributed by atoms with Gasteiger partial charge in [0, 0.05) is 0 Å². The molecule has 0 saturated heterocycles. The molecule has 0 aliphatic heterocycles. The average Bonchev–Trinajstić information content (AvgIpc) is 2.67. The Morgan fingerprint density at radius 3 is 1.32 bits per heavy atom. The van der Waals surface area contributed by atoms with Crippen LogP contribution >= 0.6 is 0 Å². The molecule has 0 radical (unpaired) electrons. The molecule has 2 aromatic carbocycles. The van der Waals surface area contributed by atoms with Crippen LogP contribution in [0.1, 0.15) is 38.8 Å². The van der Waals surface area contributed by atoms with Crippen LogP contribution < -0.4 is 0 Å². The van der Waals surface area contributed by atoms with Gasteiger partial charge in [-0.15, -0.1) is 0 Å². The highest BCUT2D eigenvalue weighted by atomic mass is 16.5. The van der Waals surface area contributed by atoms with Gasteiger partial charge in [-0.25, -0.2) is 0 Å². The summed E-state index contributed by atoms with van der Waals surface area (Å²) in [4.78, 5) is 0. The SMILES string of the molecule is CC(C)(C#CC#CC(C)(C)COCc1ccccc1)COCc1ccccc1. The lowest BCUT2D eigenvalue weighted by Crippen LogP contribution is -2.17. The molecule has 0 aromatic heterocycles. The maximum absolute atomic E-state index is 5.81. The van der Waals surface area contributed by atoms with Crippen molar-refractivity contribution in [1.82, 2.24) is 0 Å². The standard InChI is InChI=1S/C26H30O2/c1-25(2,21-27-19-23-13-7-5-8-14-23)17-11-12-18-26(3,4)22-28-20-24-15-9-6-10-16-24/h5-10,13-16H,19-22H2,1-4H3. The quantitative estimate of drug-likeness (QED) is 0.570. The van der Waals surface area contributed by atoms with E-state index in [1.165, 1.54) is 11.1 Å². The number of hydrogen-bond donors (Lipinski definition) is 0. The molecule has 0 atom stereocenters. The molecule has 0 heterocycles. The summed E-state index contributed by atoms with van der Waals surface area (Å²) in [5.74, 6) is 12.4. The van der Waals surface area contributed by atoms with Crippen LogP contribution in [0.2, 0.25) is 0 Å². The molecule has 2 rings (SSSR count). The fourth-order valence-corrected chi connectivity index (χ4v) is 2.47. The fraction of sp³-hybridized carbons (Fsp3) is 0.385. The predicted octanol–water partition coefficient (Wildman–Crippen LogP) is 5.48. The molecule has 0 fully saturated rings. The second-order valence-corrected chi connectivity index (χ2v) is 8.22. The first-order valence-corrected chi connectivity index (χ1v) is 9.64. The van der Waals surface area contributed by atoms with E-state index in [1.54, 1.807) is 0 Å². The lowest BCUT2D eigenvalue weighted by atomic mass is 9.94. The number of hydrogen-bond acceptors (Lipinski definition) is 2. The van der Waals surface area contributed by atoms with Crippen LogP contribution in [0.3, 0.4) is 0 Å². The minimum atomic E-state index is -0.239. The van der Waals surface area contributed by atoms with E-state index in [4.69, 9.17) is 9.47 Å². The molecule has 0 saturated carbocycles. The van der Waals surface area contributed by atoms with Gasteiger partial charge in [-0.05, 0) is 50.7 Å². The second-order valence-electron chi connectivity index (χ2n) is 8.22. The Kier molecular flexibility index (Phi) is 8.34. The molecule has 0 N–H and O–H groups in total. The first kappa shape index (κ1) is 21.8. The molecule has 146 valence electrons. The van der Waals surface area contributed by atoms with Crippen LogP contribution in [0.15, 0.2) is 60.7 Å². The summed E-state index contributed by atoms with van der Waals surface area (Å²) in [5, 5.41) is 0. The monoisotopic (exact) mass is 374 g/mol. The maximum Gasteiger partial charge on any atom is 0.0717 e. The molecular weight excluding hydrogens is 344 g/mol. The zero-order chi connectivity index (χ0) is 20.3. The number of benzene rings is 2. The fourth-order valence-electron chi connectivity index (χ4n) is 2.47. The third-order valence-electron chi connectivity index (χ3n) is 4.01. The first-order chi connectivity index (χ1) is 13.4. The second kappa shape index (κ2) is 10.7. The van der Waals surface area contributed by atoms with E-state index in [1.807, 2.05) is 36.4 Å². The van der Waals surface area contributed by atoms with Crippen LogP contribution in [-0.2, 0) is 22.7 Å². The number of rotatable bonds is 8. The van der Waals surface area contributed by atoms with Gasteiger partial charge in [0.05, 0.1) is 37.3 Å². The maximum atomic E-state index is 5.81. The molecule has 28 heavy (non-hydrogen) atoms. The van der Waals surface area contributed by atoms with Crippen LogP contribution in [0.25, 0.3) is 0 Å². The Labute approximate surface area is 170 Å². The highest BCUT2D eigenvalue weighted by Crippen LogP contribution is 2.16. The van der Waals surface area contributed by atoms with Crippen molar-refractivity contribution in [3.05, 3.63) is 71.8 Å². The Balaban J connectivity index is 1.76. The van der Waals surface area contributed by atoms with Gasteiger partial charge in [0.15, 0.2) is 0 Å². The lowest BCUT2D eigenvalue weighted by Gasteiger charge is -2.18. The van der Waals surface area contributed by atoms with E-state index in [-0.39, 0.29) is 10.8 Å². The van der Waals surface area contributed by atoms with E-state index >= 15 is 0 Å². The van der Waals surface area contributed by atoms with Crippen LogP contribution in [0.4, 0.5) is 0 Å². The Bertz CT molecular complexity index is 754. The van der Waals surface area contributed by atoms with Gasteiger partial charge >= 0.3 is 0 Å². The van der Waals surface area contributed by atoms with Crippen molar-refractivity contribution in [2.45, 2.75) is 40.9 Å². The molecule has 2 nitrogen and oxygen atoms in total. The summed E-state index contributed by atoms with van der Waals surface area (Å²) in [6, 6.07) is 20.3.